The van der Waals surface area contributed by atoms with Gasteiger partial charge in [0.25, 0.3) is 5.56 Å². The van der Waals surface area contributed by atoms with Gasteiger partial charge in [0.15, 0.2) is 0 Å². The first-order valence-electron chi connectivity index (χ1n) is 8.65. The molecule has 27 heavy (non-hydrogen) atoms. The molecule has 0 atom stereocenters. The van der Waals surface area contributed by atoms with Gasteiger partial charge in [0.1, 0.15) is 6.54 Å². The Kier molecular flexibility index (Phi) is 4.66. The molecule has 1 aliphatic rings. The van der Waals surface area contributed by atoms with Crippen LogP contribution in [-0.4, -0.2) is 22.0 Å². The number of carbonyl (C=O) groups excluding carboxylic acids is 1. The van der Waals surface area contributed by atoms with Gasteiger partial charge in [-0.15, -0.1) is 0 Å². The highest BCUT2D eigenvalue weighted by atomic mass is 35.5. The van der Waals surface area contributed by atoms with Gasteiger partial charge in [0, 0.05) is 17.0 Å². The van der Waals surface area contributed by atoms with Crippen LogP contribution in [0, 0.1) is 0 Å². The van der Waals surface area contributed by atoms with Gasteiger partial charge < -0.3 is 5.32 Å². The molecule has 0 bridgehead atoms. The van der Waals surface area contributed by atoms with Gasteiger partial charge in [0.2, 0.25) is 5.91 Å². The Bertz CT molecular complexity index is 1080. The van der Waals surface area contributed by atoms with Crippen LogP contribution < -0.4 is 10.9 Å². The molecule has 1 amide bonds. The summed E-state index contributed by atoms with van der Waals surface area (Å²) in [6, 6.07) is 13.2. The first kappa shape index (κ1) is 18.0. The summed E-state index contributed by atoms with van der Waals surface area (Å²) in [5.74, 6) is -0.228. The molecule has 3 aromatic rings. The van der Waals surface area contributed by atoms with E-state index in [0.717, 1.165) is 12.8 Å². The quantitative estimate of drug-likeness (QED) is 0.710. The molecule has 1 aliphatic carbocycles. The second-order valence-corrected chi connectivity index (χ2v) is 7.73. The van der Waals surface area contributed by atoms with Crippen molar-refractivity contribution in [2.24, 2.45) is 0 Å². The van der Waals surface area contributed by atoms with E-state index in [1.807, 2.05) is 18.2 Å². The minimum absolute atomic E-state index is 0.0184. The van der Waals surface area contributed by atoms with E-state index in [1.165, 1.54) is 28.6 Å². The molecule has 0 saturated heterocycles. The number of halogens is 2. The summed E-state index contributed by atoms with van der Waals surface area (Å²) < 4.78 is 1.27. The van der Waals surface area contributed by atoms with Crippen LogP contribution in [0.5, 0.6) is 0 Å². The smallest absolute Gasteiger partial charge is 0.261 e. The first-order valence-corrected chi connectivity index (χ1v) is 9.41. The van der Waals surface area contributed by atoms with Crippen LogP contribution in [0.15, 0.2) is 53.6 Å². The molecule has 0 aliphatic heterocycles. The molecular formula is C20H17Cl2N3O2. The molecule has 1 heterocycles. The van der Waals surface area contributed by atoms with E-state index in [1.54, 1.807) is 0 Å². The lowest BCUT2D eigenvalue weighted by Gasteiger charge is -2.17. The Morgan fingerprint density at radius 2 is 1.93 bits per heavy atom. The summed E-state index contributed by atoms with van der Waals surface area (Å²) in [6.45, 7) is 0.458. The summed E-state index contributed by atoms with van der Waals surface area (Å²) in [4.78, 5) is 29.2. The number of amides is 1. The molecule has 2 aromatic carbocycles. The minimum Gasteiger partial charge on any atom is -0.354 e. The number of fused-ring (bicyclic) bond motifs is 1. The second-order valence-electron chi connectivity index (χ2n) is 6.88. The zero-order valence-electron chi connectivity index (χ0n) is 14.4. The van der Waals surface area contributed by atoms with Crippen molar-refractivity contribution in [2.75, 3.05) is 6.54 Å². The van der Waals surface area contributed by atoms with Gasteiger partial charge in [-0.1, -0.05) is 53.5 Å². The van der Waals surface area contributed by atoms with Crippen molar-refractivity contribution in [1.29, 1.82) is 0 Å². The topological polar surface area (TPSA) is 64.0 Å². The van der Waals surface area contributed by atoms with Crippen molar-refractivity contribution >= 4 is 40.0 Å². The van der Waals surface area contributed by atoms with Crippen molar-refractivity contribution in [1.82, 2.24) is 14.9 Å². The number of nitrogens with one attached hydrogen (secondary N) is 1. The fourth-order valence-corrected chi connectivity index (χ4v) is 3.84. The summed E-state index contributed by atoms with van der Waals surface area (Å²) in [5.41, 5.74) is 1.29. The standard InChI is InChI=1S/C20H17Cl2N3O2/c21-14-8-15-18(16(22)9-14)24-12-25(19(15)27)10-17(26)23-11-20(6-7-20)13-4-2-1-3-5-13/h1-5,8-9,12H,6-7,10-11H2,(H,23,26). The highest BCUT2D eigenvalue weighted by Gasteiger charge is 2.44. The second kappa shape index (κ2) is 6.98. The number of carbonyl (C=O) groups is 1. The molecule has 7 heteroatoms. The predicted molar refractivity (Wildman–Crippen MR) is 106 cm³/mol. The average Bonchev–Trinajstić information content (AvgIpc) is 3.45. The van der Waals surface area contributed by atoms with Crippen LogP contribution in [0.1, 0.15) is 18.4 Å². The number of aromatic nitrogens is 2. The van der Waals surface area contributed by atoms with Gasteiger partial charge in [0.05, 0.1) is 22.3 Å². The summed E-state index contributed by atoms with van der Waals surface area (Å²) in [6.07, 6.45) is 3.44. The molecule has 138 valence electrons. The van der Waals surface area contributed by atoms with E-state index >= 15 is 0 Å². The van der Waals surface area contributed by atoms with E-state index in [2.05, 4.69) is 22.4 Å². The van der Waals surface area contributed by atoms with Crippen molar-refractivity contribution in [3.63, 3.8) is 0 Å². The number of hydrogen-bond donors (Lipinski definition) is 1. The van der Waals surface area contributed by atoms with E-state index in [0.29, 0.717) is 27.5 Å². The van der Waals surface area contributed by atoms with Crippen LogP contribution in [0.3, 0.4) is 0 Å². The van der Waals surface area contributed by atoms with E-state index < -0.39 is 0 Å². The maximum Gasteiger partial charge on any atom is 0.261 e. The maximum atomic E-state index is 12.6. The monoisotopic (exact) mass is 401 g/mol. The number of rotatable bonds is 5. The lowest BCUT2D eigenvalue weighted by Crippen LogP contribution is -2.36. The van der Waals surface area contributed by atoms with E-state index in [4.69, 9.17) is 23.2 Å². The van der Waals surface area contributed by atoms with Gasteiger partial charge >= 0.3 is 0 Å². The van der Waals surface area contributed by atoms with Gasteiger partial charge in [-0.05, 0) is 30.5 Å². The van der Waals surface area contributed by atoms with E-state index in [9.17, 15) is 9.59 Å². The number of hydrogen-bond acceptors (Lipinski definition) is 3. The molecule has 4 rings (SSSR count). The van der Waals surface area contributed by atoms with Crippen molar-refractivity contribution in [3.8, 4) is 0 Å². The largest absolute Gasteiger partial charge is 0.354 e. The Morgan fingerprint density at radius 1 is 1.19 bits per heavy atom. The van der Waals surface area contributed by atoms with Crippen LogP contribution >= 0.6 is 23.2 Å². The van der Waals surface area contributed by atoms with Gasteiger partial charge in [-0.25, -0.2) is 4.98 Å². The lowest BCUT2D eigenvalue weighted by atomic mass is 9.96. The zero-order valence-corrected chi connectivity index (χ0v) is 15.9. The van der Waals surface area contributed by atoms with Crippen LogP contribution in [0.25, 0.3) is 10.9 Å². The maximum absolute atomic E-state index is 12.6. The van der Waals surface area contributed by atoms with Gasteiger partial charge in [-0.3, -0.25) is 14.2 Å². The molecule has 0 radical (unpaired) electrons. The molecule has 0 unspecified atom stereocenters. The molecule has 0 spiro atoms. The molecule has 1 aromatic heterocycles. The molecule has 5 nitrogen and oxygen atoms in total. The molecular weight excluding hydrogens is 385 g/mol. The predicted octanol–water partition coefficient (Wildman–Crippen LogP) is 3.55. The van der Waals surface area contributed by atoms with Crippen LogP contribution in [0.4, 0.5) is 0 Å². The minimum atomic E-state index is -0.344. The third kappa shape index (κ3) is 3.57. The first-order chi connectivity index (χ1) is 13.0. The van der Waals surface area contributed by atoms with Crippen molar-refractivity contribution < 1.29 is 4.79 Å². The van der Waals surface area contributed by atoms with Gasteiger partial charge in [-0.2, -0.15) is 0 Å². The fraction of sp³-hybridized carbons (Fsp3) is 0.250. The summed E-state index contributed by atoms with van der Waals surface area (Å²) in [5, 5.41) is 3.91. The van der Waals surface area contributed by atoms with Crippen LogP contribution in [-0.2, 0) is 16.8 Å². The Labute approximate surface area is 165 Å². The highest BCUT2D eigenvalue weighted by Crippen LogP contribution is 2.47. The molecule has 1 N–H and O–H groups in total. The van der Waals surface area contributed by atoms with Crippen LogP contribution in [0.2, 0.25) is 10.0 Å². The Hall–Kier alpha value is -2.37. The Morgan fingerprint density at radius 3 is 2.63 bits per heavy atom. The third-order valence-electron chi connectivity index (χ3n) is 5.02. The van der Waals surface area contributed by atoms with Crippen molar-refractivity contribution in [3.05, 3.63) is 74.8 Å². The summed E-state index contributed by atoms with van der Waals surface area (Å²) in [7, 11) is 0. The zero-order chi connectivity index (χ0) is 19.0. The molecule has 1 saturated carbocycles. The number of benzene rings is 2. The normalized spacial score (nSPS) is 14.9. The Balaban J connectivity index is 1.49. The fourth-order valence-electron chi connectivity index (χ4n) is 3.30. The summed E-state index contributed by atoms with van der Waals surface area (Å²) >= 11 is 12.1. The van der Waals surface area contributed by atoms with Crippen molar-refractivity contribution in [2.45, 2.75) is 24.8 Å². The average molecular weight is 402 g/mol. The third-order valence-corrected chi connectivity index (χ3v) is 5.53. The number of nitrogens with zero attached hydrogens (tertiary/aromatic N) is 2. The lowest BCUT2D eigenvalue weighted by molar-refractivity contribution is -0.121. The highest BCUT2D eigenvalue weighted by molar-refractivity contribution is 6.38. The van der Waals surface area contributed by atoms with E-state index in [-0.39, 0.29) is 23.4 Å². The SMILES string of the molecule is O=C(Cn1cnc2c(Cl)cc(Cl)cc2c1=O)NCC1(c2ccccc2)CC1. The molecule has 1 fully saturated rings.